The maximum atomic E-state index is 5.36. The van der Waals surface area contributed by atoms with Crippen molar-refractivity contribution in [3.63, 3.8) is 0 Å². The second-order valence-electron chi connectivity index (χ2n) is 6.47. The number of hydrogen-bond donors (Lipinski definition) is 1. The van der Waals surface area contributed by atoms with Crippen molar-refractivity contribution >= 4 is 0 Å². The second kappa shape index (κ2) is 8.81. The number of benzene rings is 3. The van der Waals surface area contributed by atoms with Gasteiger partial charge in [0.15, 0.2) is 0 Å². The number of methoxy groups -OCH3 is 3. The highest BCUT2D eigenvalue weighted by atomic mass is 16.5. The number of ether oxygens (including phenoxy) is 3. The standard InChI is InChI=1S/C24H27NO3/c1-5-25-24(18-6-12-21(26-2)13-7-18,19-8-14-22(27-3)15-9-19)20-10-16-23(28-4)17-11-20/h6-17,25H,5H2,1-4H3. The average Bonchev–Trinajstić information content (AvgIpc) is 2.78. The van der Waals surface area contributed by atoms with Crippen LogP contribution in [0.15, 0.2) is 72.8 Å². The molecule has 0 heterocycles. The Morgan fingerprint density at radius 2 is 0.857 bits per heavy atom. The van der Waals surface area contributed by atoms with Crippen molar-refractivity contribution in [3.05, 3.63) is 89.5 Å². The van der Waals surface area contributed by atoms with E-state index in [-0.39, 0.29) is 0 Å². The summed E-state index contributed by atoms with van der Waals surface area (Å²) in [5.74, 6) is 2.50. The Morgan fingerprint density at radius 1 is 0.571 bits per heavy atom. The summed E-state index contributed by atoms with van der Waals surface area (Å²) in [6.07, 6.45) is 0. The molecule has 0 amide bonds. The van der Waals surface area contributed by atoms with Crippen LogP contribution >= 0.6 is 0 Å². The lowest BCUT2D eigenvalue weighted by atomic mass is 9.77. The van der Waals surface area contributed by atoms with Crippen molar-refractivity contribution in [2.75, 3.05) is 27.9 Å². The van der Waals surface area contributed by atoms with E-state index in [4.69, 9.17) is 14.2 Å². The van der Waals surface area contributed by atoms with Crippen LogP contribution in [0.25, 0.3) is 0 Å². The van der Waals surface area contributed by atoms with Gasteiger partial charge in [0.25, 0.3) is 0 Å². The molecule has 4 heteroatoms. The number of hydrogen-bond acceptors (Lipinski definition) is 4. The lowest BCUT2D eigenvalue weighted by Crippen LogP contribution is -2.44. The first kappa shape index (κ1) is 19.8. The van der Waals surface area contributed by atoms with E-state index in [9.17, 15) is 0 Å². The lowest BCUT2D eigenvalue weighted by Gasteiger charge is -2.37. The van der Waals surface area contributed by atoms with E-state index in [0.717, 1.165) is 40.5 Å². The molecule has 0 saturated heterocycles. The van der Waals surface area contributed by atoms with Crippen LogP contribution in [0.1, 0.15) is 23.6 Å². The van der Waals surface area contributed by atoms with Crippen molar-refractivity contribution in [1.82, 2.24) is 5.32 Å². The maximum absolute atomic E-state index is 5.36. The zero-order chi connectivity index (χ0) is 20.0. The Bertz CT molecular complexity index is 756. The van der Waals surface area contributed by atoms with E-state index in [1.54, 1.807) is 21.3 Å². The molecule has 0 unspecified atom stereocenters. The van der Waals surface area contributed by atoms with Gasteiger partial charge in [0.05, 0.1) is 26.9 Å². The molecular formula is C24H27NO3. The third-order valence-electron chi connectivity index (χ3n) is 5.01. The fourth-order valence-corrected chi connectivity index (χ4v) is 3.59. The Kier molecular flexibility index (Phi) is 6.22. The molecule has 3 aromatic rings. The molecule has 0 bridgehead atoms. The Balaban J connectivity index is 2.23. The highest BCUT2D eigenvalue weighted by Gasteiger charge is 2.35. The molecule has 1 N–H and O–H groups in total. The zero-order valence-electron chi connectivity index (χ0n) is 16.9. The van der Waals surface area contributed by atoms with Crippen LogP contribution in [0.4, 0.5) is 0 Å². The fourth-order valence-electron chi connectivity index (χ4n) is 3.59. The molecule has 0 aliphatic heterocycles. The van der Waals surface area contributed by atoms with Gasteiger partial charge in [-0.3, -0.25) is 0 Å². The minimum atomic E-state index is -0.514. The van der Waals surface area contributed by atoms with Crippen LogP contribution in [0.5, 0.6) is 17.2 Å². The molecule has 0 saturated carbocycles. The highest BCUT2D eigenvalue weighted by Crippen LogP contribution is 2.38. The van der Waals surface area contributed by atoms with Gasteiger partial charge < -0.3 is 19.5 Å². The van der Waals surface area contributed by atoms with Gasteiger partial charge in [-0.15, -0.1) is 0 Å². The topological polar surface area (TPSA) is 39.7 Å². The average molecular weight is 377 g/mol. The summed E-state index contributed by atoms with van der Waals surface area (Å²) in [7, 11) is 5.04. The molecule has 0 fully saturated rings. The van der Waals surface area contributed by atoms with Gasteiger partial charge in [0.2, 0.25) is 0 Å². The molecule has 28 heavy (non-hydrogen) atoms. The molecule has 3 rings (SSSR count). The molecular weight excluding hydrogens is 350 g/mol. The summed E-state index contributed by atoms with van der Waals surface area (Å²) in [5, 5.41) is 3.73. The van der Waals surface area contributed by atoms with Gasteiger partial charge in [-0.05, 0) is 59.6 Å². The van der Waals surface area contributed by atoms with Crippen molar-refractivity contribution in [2.24, 2.45) is 0 Å². The van der Waals surface area contributed by atoms with E-state index in [2.05, 4.69) is 48.6 Å². The molecule has 146 valence electrons. The largest absolute Gasteiger partial charge is 0.497 e. The predicted octanol–water partition coefficient (Wildman–Crippen LogP) is 4.61. The Labute approximate surface area is 167 Å². The van der Waals surface area contributed by atoms with Crippen LogP contribution in [-0.4, -0.2) is 27.9 Å². The maximum Gasteiger partial charge on any atom is 0.118 e. The first-order chi connectivity index (χ1) is 13.7. The SMILES string of the molecule is CCNC(c1ccc(OC)cc1)(c1ccc(OC)cc1)c1ccc(OC)cc1. The predicted molar refractivity (Wildman–Crippen MR) is 113 cm³/mol. The molecule has 0 aliphatic carbocycles. The summed E-state index contributed by atoms with van der Waals surface area (Å²) in [6, 6.07) is 24.6. The molecule has 3 aromatic carbocycles. The van der Waals surface area contributed by atoms with E-state index >= 15 is 0 Å². The summed E-state index contributed by atoms with van der Waals surface area (Å²) in [4.78, 5) is 0. The van der Waals surface area contributed by atoms with Crippen LogP contribution < -0.4 is 19.5 Å². The van der Waals surface area contributed by atoms with Crippen LogP contribution in [-0.2, 0) is 5.54 Å². The fraction of sp³-hybridized carbons (Fsp3) is 0.250. The van der Waals surface area contributed by atoms with E-state index in [1.807, 2.05) is 36.4 Å². The van der Waals surface area contributed by atoms with Gasteiger partial charge in [-0.2, -0.15) is 0 Å². The van der Waals surface area contributed by atoms with Gasteiger partial charge in [0.1, 0.15) is 17.2 Å². The molecule has 0 spiro atoms. The first-order valence-electron chi connectivity index (χ1n) is 9.36. The van der Waals surface area contributed by atoms with Gasteiger partial charge in [0, 0.05) is 0 Å². The highest BCUT2D eigenvalue weighted by molar-refractivity contribution is 5.52. The molecule has 4 nitrogen and oxygen atoms in total. The lowest BCUT2D eigenvalue weighted by molar-refractivity contribution is 0.411. The smallest absolute Gasteiger partial charge is 0.118 e. The molecule has 0 aliphatic rings. The van der Waals surface area contributed by atoms with Crippen LogP contribution in [0.3, 0.4) is 0 Å². The molecule has 0 radical (unpaired) electrons. The number of rotatable bonds is 8. The monoisotopic (exact) mass is 377 g/mol. The molecule has 0 aromatic heterocycles. The molecule has 0 atom stereocenters. The van der Waals surface area contributed by atoms with Crippen LogP contribution in [0.2, 0.25) is 0 Å². The van der Waals surface area contributed by atoms with E-state index < -0.39 is 5.54 Å². The van der Waals surface area contributed by atoms with E-state index in [0.29, 0.717) is 0 Å². The van der Waals surface area contributed by atoms with Gasteiger partial charge >= 0.3 is 0 Å². The van der Waals surface area contributed by atoms with Crippen molar-refractivity contribution < 1.29 is 14.2 Å². The van der Waals surface area contributed by atoms with Crippen LogP contribution in [0, 0.1) is 0 Å². The Hall–Kier alpha value is -2.98. The van der Waals surface area contributed by atoms with Gasteiger partial charge in [-0.1, -0.05) is 43.3 Å². The first-order valence-corrected chi connectivity index (χ1v) is 9.36. The summed E-state index contributed by atoms with van der Waals surface area (Å²) < 4.78 is 16.1. The minimum absolute atomic E-state index is 0.514. The van der Waals surface area contributed by atoms with Gasteiger partial charge in [-0.25, -0.2) is 0 Å². The van der Waals surface area contributed by atoms with Crippen molar-refractivity contribution in [2.45, 2.75) is 12.5 Å². The zero-order valence-corrected chi connectivity index (χ0v) is 16.9. The normalized spacial score (nSPS) is 11.1. The Morgan fingerprint density at radius 3 is 1.07 bits per heavy atom. The second-order valence-corrected chi connectivity index (χ2v) is 6.47. The third kappa shape index (κ3) is 3.69. The van der Waals surface area contributed by atoms with E-state index in [1.165, 1.54) is 0 Å². The summed E-state index contributed by atoms with van der Waals surface area (Å²) in [5.41, 5.74) is 2.88. The summed E-state index contributed by atoms with van der Waals surface area (Å²) >= 11 is 0. The van der Waals surface area contributed by atoms with Crippen molar-refractivity contribution in [3.8, 4) is 17.2 Å². The quantitative estimate of drug-likeness (QED) is 0.582. The minimum Gasteiger partial charge on any atom is -0.497 e. The summed E-state index contributed by atoms with van der Waals surface area (Å²) in [6.45, 7) is 2.91. The third-order valence-corrected chi connectivity index (χ3v) is 5.01. The van der Waals surface area contributed by atoms with Crippen molar-refractivity contribution in [1.29, 1.82) is 0 Å². The number of nitrogens with one attached hydrogen (secondary N) is 1.